The molecule has 0 atom stereocenters. The molecule has 1 heterocycles. The van der Waals surface area contributed by atoms with Crippen LogP contribution in [0.1, 0.15) is 21.6 Å². The van der Waals surface area contributed by atoms with Crippen molar-refractivity contribution in [2.75, 3.05) is 24.8 Å². The Kier molecular flexibility index (Phi) is 4.37. The average Bonchev–Trinajstić information content (AvgIpc) is 2.46. The fraction of sp³-hybridized carbons (Fsp3) is 0.267. The van der Waals surface area contributed by atoms with Gasteiger partial charge in [-0.1, -0.05) is 11.6 Å². The molecule has 0 spiro atoms. The standard InChI is InChI=1S/C15H18N4O2/c1-9-5-6-12(16-3)11(7-9)14(20)19-15-17-10(2)8-13(18-15)21-4/h5-8,16H,1-4H3,(H,17,18,19,20). The molecule has 2 aromatic rings. The Morgan fingerprint density at radius 3 is 2.62 bits per heavy atom. The Balaban J connectivity index is 2.30. The van der Waals surface area contributed by atoms with Crippen LogP contribution in [-0.4, -0.2) is 30.0 Å². The number of nitrogens with one attached hydrogen (secondary N) is 2. The molecule has 1 aromatic heterocycles. The van der Waals surface area contributed by atoms with Crippen molar-refractivity contribution in [3.8, 4) is 5.88 Å². The first-order chi connectivity index (χ1) is 10.0. The predicted molar refractivity (Wildman–Crippen MR) is 82.0 cm³/mol. The summed E-state index contributed by atoms with van der Waals surface area (Å²) in [6.45, 7) is 3.74. The summed E-state index contributed by atoms with van der Waals surface area (Å²) in [5, 5.41) is 5.69. The molecule has 0 radical (unpaired) electrons. The minimum atomic E-state index is -0.268. The van der Waals surface area contributed by atoms with E-state index in [0.717, 1.165) is 16.9 Å². The molecule has 6 heteroatoms. The highest BCUT2D eigenvalue weighted by molar-refractivity contribution is 6.07. The molecular formula is C15H18N4O2. The molecule has 0 aliphatic heterocycles. The van der Waals surface area contributed by atoms with E-state index in [-0.39, 0.29) is 11.9 Å². The van der Waals surface area contributed by atoms with E-state index in [1.54, 1.807) is 13.1 Å². The number of ether oxygens (including phenoxy) is 1. The van der Waals surface area contributed by atoms with Crippen LogP contribution in [0.4, 0.5) is 11.6 Å². The summed E-state index contributed by atoms with van der Waals surface area (Å²) in [5.41, 5.74) is 3.01. The van der Waals surface area contributed by atoms with Crippen LogP contribution in [-0.2, 0) is 0 Å². The smallest absolute Gasteiger partial charge is 0.260 e. The van der Waals surface area contributed by atoms with Gasteiger partial charge >= 0.3 is 0 Å². The van der Waals surface area contributed by atoms with Gasteiger partial charge < -0.3 is 10.1 Å². The number of aryl methyl sites for hydroxylation is 2. The minimum absolute atomic E-state index is 0.223. The molecule has 0 saturated carbocycles. The van der Waals surface area contributed by atoms with Crippen molar-refractivity contribution in [1.29, 1.82) is 0 Å². The van der Waals surface area contributed by atoms with Gasteiger partial charge in [0.2, 0.25) is 11.8 Å². The second-order valence-electron chi connectivity index (χ2n) is 4.63. The second kappa shape index (κ2) is 6.21. The van der Waals surface area contributed by atoms with E-state index in [1.807, 2.05) is 32.0 Å². The average molecular weight is 286 g/mol. The predicted octanol–water partition coefficient (Wildman–Crippen LogP) is 2.40. The van der Waals surface area contributed by atoms with Gasteiger partial charge in [-0.3, -0.25) is 10.1 Å². The molecule has 0 aliphatic carbocycles. The number of hydrogen-bond acceptors (Lipinski definition) is 5. The number of methoxy groups -OCH3 is 1. The summed E-state index contributed by atoms with van der Waals surface area (Å²) in [5.74, 6) is 0.368. The van der Waals surface area contributed by atoms with Crippen molar-refractivity contribution in [2.45, 2.75) is 13.8 Å². The van der Waals surface area contributed by atoms with E-state index in [9.17, 15) is 4.79 Å². The van der Waals surface area contributed by atoms with Crippen LogP contribution in [0.5, 0.6) is 5.88 Å². The van der Waals surface area contributed by atoms with Gasteiger partial charge in [-0.2, -0.15) is 4.98 Å². The first-order valence-corrected chi connectivity index (χ1v) is 6.53. The van der Waals surface area contributed by atoms with Crippen LogP contribution in [0.2, 0.25) is 0 Å². The van der Waals surface area contributed by atoms with Crippen molar-refractivity contribution in [1.82, 2.24) is 9.97 Å². The number of aromatic nitrogens is 2. The minimum Gasteiger partial charge on any atom is -0.481 e. The third kappa shape index (κ3) is 3.47. The van der Waals surface area contributed by atoms with Gasteiger partial charge in [0.25, 0.3) is 5.91 Å². The van der Waals surface area contributed by atoms with E-state index in [0.29, 0.717) is 11.4 Å². The number of hydrogen-bond donors (Lipinski definition) is 2. The molecule has 1 aromatic carbocycles. The van der Waals surface area contributed by atoms with Crippen molar-refractivity contribution in [3.05, 3.63) is 41.1 Å². The van der Waals surface area contributed by atoms with Crippen molar-refractivity contribution < 1.29 is 9.53 Å². The number of carbonyl (C=O) groups is 1. The van der Waals surface area contributed by atoms with Crippen LogP contribution >= 0.6 is 0 Å². The zero-order valence-electron chi connectivity index (χ0n) is 12.5. The summed E-state index contributed by atoms with van der Waals surface area (Å²) in [6, 6.07) is 7.31. The number of anilines is 2. The Morgan fingerprint density at radius 1 is 1.19 bits per heavy atom. The van der Waals surface area contributed by atoms with E-state index < -0.39 is 0 Å². The van der Waals surface area contributed by atoms with Crippen LogP contribution in [0.15, 0.2) is 24.3 Å². The Labute approximate surface area is 123 Å². The van der Waals surface area contributed by atoms with Gasteiger partial charge in [0, 0.05) is 24.5 Å². The quantitative estimate of drug-likeness (QED) is 0.902. The molecule has 0 aliphatic rings. The van der Waals surface area contributed by atoms with Crippen LogP contribution in [0.25, 0.3) is 0 Å². The second-order valence-corrected chi connectivity index (χ2v) is 4.63. The monoisotopic (exact) mass is 286 g/mol. The van der Waals surface area contributed by atoms with E-state index >= 15 is 0 Å². The maximum atomic E-state index is 12.4. The molecule has 6 nitrogen and oxygen atoms in total. The molecule has 1 amide bonds. The van der Waals surface area contributed by atoms with E-state index in [4.69, 9.17) is 4.74 Å². The van der Waals surface area contributed by atoms with Crippen molar-refractivity contribution in [2.24, 2.45) is 0 Å². The lowest BCUT2D eigenvalue weighted by molar-refractivity contribution is 0.102. The van der Waals surface area contributed by atoms with Crippen LogP contribution in [0.3, 0.4) is 0 Å². The number of amides is 1. The number of nitrogens with zero attached hydrogens (tertiary/aromatic N) is 2. The van der Waals surface area contributed by atoms with Gasteiger partial charge in [-0.15, -0.1) is 0 Å². The van der Waals surface area contributed by atoms with Gasteiger partial charge in [-0.25, -0.2) is 4.98 Å². The maximum absolute atomic E-state index is 12.4. The molecular weight excluding hydrogens is 268 g/mol. The first kappa shape index (κ1) is 14.8. The topological polar surface area (TPSA) is 76.1 Å². The first-order valence-electron chi connectivity index (χ1n) is 6.53. The highest BCUT2D eigenvalue weighted by Crippen LogP contribution is 2.19. The van der Waals surface area contributed by atoms with Crippen LogP contribution in [0, 0.1) is 13.8 Å². The Morgan fingerprint density at radius 2 is 1.95 bits per heavy atom. The Bertz CT molecular complexity index is 671. The summed E-state index contributed by atoms with van der Waals surface area (Å²) >= 11 is 0. The lowest BCUT2D eigenvalue weighted by atomic mass is 10.1. The molecule has 110 valence electrons. The molecule has 2 rings (SSSR count). The fourth-order valence-corrected chi connectivity index (χ4v) is 1.93. The largest absolute Gasteiger partial charge is 0.481 e. The van der Waals surface area contributed by atoms with E-state index in [2.05, 4.69) is 20.6 Å². The van der Waals surface area contributed by atoms with Gasteiger partial charge in [-0.05, 0) is 26.0 Å². The SMILES string of the molecule is CNc1ccc(C)cc1C(=O)Nc1nc(C)cc(OC)n1. The molecule has 0 saturated heterocycles. The van der Waals surface area contributed by atoms with Crippen molar-refractivity contribution >= 4 is 17.5 Å². The zero-order chi connectivity index (χ0) is 15.4. The highest BCUT2D eigenvalue weighted by atomic mass is 16.5. The fourth-order valence-electron chi connectivity index (χ4n) is 1.93. The lowest BCUT2D eigenvalue weighted by Gasteiger charge is -2.11. The zero-order valence-corrected chi connectivity index (χ0v) is 12.5. The third-order valence-corrected chi connectivity index (χ3v) is 2.95. The van der Waals surface area contributed by atoms with Gasteiger partial charge in [0.05, 0.1) is 12.7 Å². The summed E-state index contributed by atoms with van der Waals surface area (Å²) in [4.78, 5) is 20.7. The number of carbonyl (C=O) groups excluding carboxylic acids is 1. The molecule has 0 unspecified atom stereocenters. The lowest BCUT2D eigenvalue weighted by Crippen LogP contribution is -2.16. The molecule has 0 fully saturated rings. The van der Waals surface area contributed by atoms with Gasteiger partial charge in [0.15, 0.2) is 0 Å². The number of rotatable bonds is 4. The Hall–Kier alpha value is -2.63. The third-order valence-electron chi connectivity index (χ3n) is 2.95. The maximum Gasteiger partial charge on any atom is 0.260 e. The molecule has 2 N–H and O–H groups in total. The van der Waals surface area contributed by atoms with Crippen LogP contribution < -0.4 is 15.4 Å². The summed E-state index contributed by atoms with van der Waals surface area (Å²) < 4.78 is 5.07. The molecule has 21 heavy (non-hydrogen) atoms. The summed E-state index contributed by atoms with van der Waals surface area (Å²) in [7, 11) is 3.29. The normalized spacial score (nSPS) is 10.1. The number of benzene rings is 1. The highest BCUT2D eigenvalue weighted by Gasteiger charge is 2.13. The van der Waals surface area contributed by atoms with E-state index in [1.165, 1.54) is 7.11 Å². The molecule has 0 bridgehead atoms. The summed E-state index contributed by atoms with van der Waals surface area (Å²) in [6.07, 6.45) is 0. The van der Waals surface area contributed by atoms with Crippen molar-refractivity contribution in [3.63, 3.8) is 0 Å². The van der Waals surface area contributed by atoms with Gasteiger partial charge in [0.1, 0.15) is 0 Å².